The largest absolute Gasteiger partial charge is 0.490 e. The summed E-state index contributed by atoms with van der Waals surface area (Å²) in [7, 11) is 0. The van der Waals surface area contributed by atoms with Crippen LogP contribution in [-0.2, 0) is 6.61 Å². The molecule has 0 spiro atoms. The van der Waals surface area contributed by atoms with Crippen molar-refractivity contribution in [3.05, 3.63) is 94.8 Å². The lowest BCUT2D eigenvalue weighted by atomic mass is 10.1. The summed E-state index contributed by atoms with van der Waals surface area (Å²) in [5.41, 5.74) is 1.93. The van der Waals surface area contributed by atoms with Gasteiger partial charge in [-0.25, -0.2) is 4.98 Å². The molecule has 4 aromatic rings. The quantitative estimate of drug-likeness (QED) is 0.166. The van der Waals surface area contributed by atoms with Gasteiger partial charge in [0.05, 0.1) is 23.7 Å². The number of rotatable bonds is 9. The van der Waals surface area contributed by atoms with Gasteiger partial charge in [0, 0.05) is 25.4 Å². The van der Waals surface area contributed by atoms with Gasteiger partial charge in [0.15, 0.2) is 11.5 Å². The molecule has 38 heavy (non-hydrogen) atoms. The summed E-state index contributed by atoms with van der Waals surface area (Å²) in [4.78, 5) is 18.2. The molecule has 0 N–H and O–H groups in total. The molecular weight excluding hydrogens is 657 g/mol. The molecule has 6 nitrogen and oxygen atoms in total. The zero-order valence-corrected chi connectivity index (χ0v) is 25.7. The molecule has 0 amide bonds. The predicted molar refractivity (Wildman–Crippen MR) is 162 cm³/mol. The number of aromatic nitrogens is 2. The van der Waals surface area contributed by atoms with Crippen LogP contribution in [0.25, 0.3) is 10.9 Å². The second kappa shape index (κ2) is 12.6. The van der Waals surface area contributed by atoms with Crippen LogP contribution in [0.15, 0.2) is 67.4 Å². The van der Waals surface area contributed by atoms with E-state index in [4.69, 9.17) is 37.7 Å². The van der Waals surface area contributed by atoms with Crippen LogP contribution in [0.1, 0.15) is 50.1 Å². The highest BCUT2D eigenvalue weighted by Gasteiger charge is 2.19. The van der Waals surface area contributed by atoms with E-state index in [1.54, 1.807) is 30.5 Å². The van der Waals surface area contributed by atoms with E-state index in [1.165, 1.54) is 4.68 Å². The van der Waals surface area contributed by atoms with Crippen molar-refractivity contribution in [2.45, 2.75) is 39.7 Å². The lowest BCUT2D eigenvalue weighted by Gasteiger charge is -2.17. The number of ether oxygens (including phenoxy) is 2. The summed E-state index contributed by atoms with van der Waals surface area (Å²) in [5.74, 6) is 1.47. The van der Waals surface area contributed by atoms with Gasteiger partial charge in [0.2, 0.25) is 0 Å². The molecule has 0 aliphatic heterocycles. The van der Waals surface area contributed by atoms with Gasteiger partial charge in [0.1, 0.15) is 17.5 Å². The molecule has 0 radical (unpaired) electrons. The highest BCUT2D eigenvalue weighted by atomic mass is 79.9. The van der Waals surface area contributed by atoms with Crippen molar-refractivity contribution in [2.75, 3.05) is 6.61 Å². The zero-order chi connectivity index (χ0) is 27.4. The third-order valence-corrected chi connectivity index (χ3v) is 8.14. The maximum Gasteiger partial charge on any atom is 0.282 e. The van der Waals surface area contributed by atoms with Gasteiger partial charge < -0.3 is 9.47 Å². The molecular formula is C28H25Br2Cl2N3O3. The van der Waals surface area contributed by atoms with E-state index in [9.17, 15) is 4.79 Å². The molecule has 1 atom stereocenters. The van der Waals surface area contributed by atoms with Gasteiger partial charge >= 0.3 is 0 Å². The zero-order valence-electron chi connectivity index (χ0n) is 21.0. The predicted octanol–water partition coefficient (Wildman–Crippen LogP) is 8.60. The molecule has 0 aliphatic rings. The first-order valence-electron chi connectivity index (χ1n) is 12.0. The number of fused-ring (bicyclic) bond motifs is 1. The summed E-state index contributed by atoms with van der Waals surface area (Å²) >= 11 is 19.7. The van der Waals surface area contributed by atoms with Crippen LogP contribution in [0.2, 0.25) is 10.0 Å². The number of benzene rings is 3. The van der Waals surface area contributed by atoms with Crippen molar-refractivity contribution in [3.63, 3.8) is 0 Å². The van der Waals surface area contributed by atoms with E-state index in [-0.39, 0.29) is 18.1 Å². The van der Waals surface area contributed by atoms with Crippen LogP contribution >= 0.6 is 55.1 Å². The monoisotopic (exact) mass is 679 g/mol. The van der Waals surface area contributed by atoms with Crippen molar-refractivity contribution in [3.8, 4) is 11.5 Å². The Morgan fingerprint density at radius 1 is 1.08 bits per heavy atom. The average Bonchev–Trinajstić information content (AvgIpc) is 2.91. The Hall–Kier alpha value is -2.39. The van der Waals surface area contributed by atoms with Gasteiger partial charge in [-0.15, -0.1) is 0 Å². The van der Waals surface area contributed by atoms with E-state index >= 15 is 0 Å². The lowest BCUT2D eigenvalue weighted by Crippen LogP contribution is -2.23. The first kappa shape index (κ1) is 28.6. The number of nitrogens with zero attached hydrogens (tertiary/aromatic N) is 3. The smallest absolute Gasteiger partial charge is 0.282 e. The molecule has 1 aromatic heterocycles. The lowest BCUT2D eigenvalue weighted by molar-refractivity contribution is 0.269. The Kier molecular flexibility index (Phi) is 9.52. The van der Waals surface area contributed by atoms with E-state index < -0.39 is 0 Å². The second-order valence-corrected chi connectivity index (χ2v) is 11.1. The minimum atomic E-state index is -0.252. The molecule has 198 valence electrons. The topological polar surface area (TPSA) is 65.7 Å². The third kappa shape index (κ3) is 6.25. The maximum atomic E-state index is 13.5. The third-order valence-electron chi connectivity index (χ3n) is 5.95. The fourth-order valence-corrected chi connectivity index (χ4v) is 4.87. The Morgan fingerprint density at radius 3 is 2.50 bits per heavy atom. The van der Waals surface area contributed by atoms with Crippen molar-refractivity contribution >= 4 is 72.2 Å². The molecule has 0 saturated carbocycles. The normalized spacial score (nSPS) is 12.3. The van der Waals surface area contributed by atoms with Crippen LogP contribution < -0.4 is 15.0 Å². The van der Waals surface area contributed by atoms with Crippen molar-refractivity contribution < 1.29 is 9.47 Å². The van der Waals surface area contributed by atoms with E-state index in [1.807, 2.05) is 45.0 Å². The highest BCUT2D eigenvalue weighted by Crippen LogP contribution is 2.42. The minimum Gasteiger partial charge on any atom is -0.490 e. The first-order valence-corrected chi connectivity index (χ1v) is 14.4. The summed E-state index contributed by atoms with van der Waals surface area (Å²) < 4.78 is 14.6. The molecule has 0 fully saturated rings. The Bertz CT molecular complexity index is 1560. The van der Waals surface area contributed by atoms with Crippen LogP contribution in [0.4, 0.5) is 0 Å². The average molecular weight is 682 g/mol. The first-order chi connectivity index (χ1) is 18.2. The Balaban J connectivity index is 1.76. The van der Waals surface area contributed by atoms with E-state index in [0.29, 0.717) is 54.9 Å². The SMILES string of the molecule is CCOc1cc(C=Nn2c([C@@H](C)CC)nc3ccc(Br)cc3c2=O)c(Br)c(Cl)c1OCc1ccc(Cl)cc1. The highest BCUT2D eigenvalue weighted by molar-refractivity contribution is 9.10. The Labute approximate surface area is 247 Å². The molecule has 4 rings (SSSR count). The van der Waals surface area contributed by atoms with Gasteiger partial charge in [0.25, 0.3) is 5.56 Å². The molecule has 10 heteroatoms. The summed E-state index contributed by atoms with van der Waals surface area (Å²) in [5, 5.41) is 6.02. The summed E-state index contributed by atoms with van der Waals surface area (Å²) in [6.07, 6.45) is 2.37. The molecule has 0 saturated heterocycles. The molecule has 0 unspecified atom stereocenters. The molecule has 1 heterocycles. The van der Waals surface area contributed by atoms with Crippen LogP contribution in [0.5, 0.6) is 11.5 Å². The summed E-state index contributed by atoms with van der Waals surface area (Å²) in [6.45, 7) is 6.63. The van der Waals surface area contributed by atoms with Gasteiger partial charge in [-0.1, -0.05) is 65.1 Å². The number of halogens is 4. The number of hydrogen-bond donors (Lipinski definition) is 0. The van der Waals surface area contributed by atoms with Gasteiger partial charge in [-0.05, 0) is 71.2 Å². The van der Waals surface area contributed by atoms with Gasteiger partial charge in [-0.2, -0.15) is 9.78 Å². The summed E-state index contributed by atoms with van der Waals surface area (Å²) in [6, 6.07) is 14.6. The molecule has 0 aliphatic carbocycles. The van der Waals surface area contributed by atoms with Crippen LogP contribution in [0.3, 0.4) is 0 Å². The van der Waals surface area contributed by atoms with Crippen molar-refractivity contribution in [1.29, 1.82) is 0 Å². The fourth-order valence-electron chi connectivity index (χ4n) is 3.73. The van der Waals surface area contributed by atoms with Gasteiger partial charge in [-0.3, -0.25) is 4.79 Å². The number of hydrogen-bond acceptors (Lipinski definition) is 5. The second-order valence-electron chi connectivity index (χ2n) is 8.57. The molecule has 0 bridgehead atoms. The minimum absolute atomic E-state index is 0.0163. The van der Waals surface area contributed by atoms with E-state index in [0.717, 1.165) is 16.5 Å². The van der Waals surface area contributed by atoms with E-state index in [2.05, 4.69) is 37.0 Å². The van der Waals surface area contributed by atoms with Crippen molar-refractivity contribution in [1.82, 2.24) is 9.66 Å². The van der Waals surface area contributed by atoms with Crippen LogP contribution in [0, 0.1) is 0 Å². The van der Waals surface area contributed by atoms with Crippen molar-refractivity contribution in [2.24, 2.45) is 5.10 Å². The molecule has 3 aromatic carbocycles. The maximum absolute atomic E-state index is 13.5. The standard InChI is InChI=1S/C28H25Br2Cl2N3O3/c1-4-16(3)27-34-22-11-8-19(29)13-21(22)28(36)35(27)33-14-18-12-23(37-5-2)26(25(32)24(18)30)38-15-17-6-9-20(31)10-7-17/h6-14,16H,4-5,15H2,1-3H3/t16-/m0/s1. The van der Waals surface area contributed by atoms with Crippen LogP contribution in [-0.4, -0.2) is 22.5 Å². The Morgan fingerprint density at radius 2 is 1.82 bits per heavy atom. The fraction of sp³-hybridized carbons (Fsp3) is 0.250.